The van der Waals surface area contributed by atoms with Crippen LogP contribution in [0.15, 0.2) is 59.5 Å². The van der Waals surface area contributed by atoms with Gasteiger partial charge in [0.2, 0.25) is 0 Å². The number of aliphatic hydroxyl groups is 3. The molecular formula is C23H25N3O8. The van der Waals surface area contributed by atoms with Crippen LogP contribution in [0.3, 0.4) is 0 Å². The molecule has 34 heavy (non-hydrogen) atoms. The van der Waals surface area contributed by atoms with Crippen LogP contribution in [0.4, 0.5) is 5.82 Å². The SMILES string of the molecule is Nc1ccn([C@@H]2O[C@H](CO)[C@@H](O)[C@@H]2O)c(=O)n1.Oc1ccc(/C=C/c2cc(O)cc(O)c2)cc1. The summed E-state index contributed by atoms with van der Waals surface area (Å²) in [6, 6.07) is 12.5. The van der Waals surface area contributed by atoms with Crippen molar-refractivity contribution in [3.05, 3.63) is 76.3 Å². The molecule has 1 saturated heterocycles. The summed E-state index contributed by atoms with van der Waals surface area (Å²) in [4.78, 5) is 15.0. The van der Waals surface area contributed by atoms with Crippen LogP contribution in [-0.2, 0) is 4.74 Å². The number of anilines is 1. The van der Waals surface area contributed by atoms with Crippen LogP contribution in [0.2, 0.25) is 0 Å². The minimum Gasteiger partial charge on any atom is -0.508 e. The summed E-state index contributed by atoms with van der Waals surface area (Å²) in [5.74, 6) is 0.320. The Morgan fingerprint density at radius 2 is 1.53 bits per heavy atom. The summed E-state index contributed by atoms with van der Waals surface area (Å²) in [5.41, 5.74) is 6.26. The van der Waals surface area contributed by atoms with Crippen molar-refractivity contribution in [1.82, 2.24) is 9.55 Å². The van der Waals surface area contributed by atoms with Crippen molar-refractivity contribution < 1.29 is 35.4 Å². The zero-order valence-corrected chi connectivity index (χ0v) is 17.8. The maximum atomic E-state index is 11.5. The number of aromatic hydroxyl groups is 3. The van der Waals surface area contributed by atoms with E-state index in [4.69, 9.17) is 20.7 Å². The first-order valence-electron chi connectivity index (χ1n) is 10.1. The lowest BCUT2D eigenvalue weighted by molar-refractivity contribution is -0.0549. The lowest BCUT2D eigenvalue weighted by Crippen LogP contribution is -2.36. The highest BCUT2D eigenvalue weighted by atomic mass is 16.6. The van der Waals surface area contributed by atoms with Crippen LogP contribution in [0.1, 0.15) is 17.4 Å². The predicted octanol–water partition coefficient (Wildman–Crippen LogP) is 0.411. The van der Waals surface area contributed by atoms with E-state index in [0.29, 0.717) is 5.56 Å². The molecule has 4 atom stereocenters. The molecule has 3 aromatic rings. The number of ether oxygens (including phenoxy) is 1. The van der Waals surface area contributed by atoms with Crippen molar-refractivity contribution in [3.8, 4) is 17.2 Å². The molecule has 0 radical (unpaired) electrons. The molecule has 0 saturated carbocycles. The van der Waals surface area contributed by atoms with Crippen molar-refractivity contribution in [1.29, 1.82) is 0 Å². The van der Waals surface area contributed by atoms with Crippen molar-refractivity contribution >= 4 is 18.0 Å². The number of aromatic nitrogens is 2. The molecule has 0 bridgehead atoms. The Morgan fingerprint density at radius 3 is 2.09 bits per heavy atom. The minimum atomic E-state index is -1.31. The summed E-state index contributed by atoms with van der Waals surface area (Å²) in [7, 11) is 0. The third kappa shape index (κ3) is 6.11. The van der Waals surface area contributed by atoms with Gasteiger partial charge in [-0.2, -0.15) is 4.98 Å². The topological polar surface area (TPSA) is 192 Å². The van der Waals surface area contributed by atoms with E-state index in [1.807, 2.05) is 6.08 Å². The predicted molar refractivity (Wildman–Crippen MR) is 123 cm³/mol. The van der Waals surface area contributed by atoms with Gasteiger partial charge in [0.15, 0.2) is 6.23 Å². The van der Waals surface area contributed by atoms with Crippen molar-refractivity contribution in [2.24, 2.45) is 0 Å². The van der Waals surface area contributed by atoms with E-state index in [9.17, 15) is 25.2 Å². The molecular weight excluding hydrogens is 446 g/mol. The number of nitrogens with zero attached hydrogens (tertiary/aromatic N) is 2. The molecule has 8 N–H and O–H groups in total. The Hall–Kier alpha value is -3.90. The van der Waals surface area contributed by atoms with Gasteiger partial charge in [-0.15, -0.1) is 0 Å². The quantitative estimate of drug-likeness (QED) is 0.262. The maximum Gasteiger partial charge on any atom is 0.351 e. The summed E-state index contributed by atoms with van der Waals surface area (Å²) < 4.78 is 6.19. The molecule has 1 fully saturated rings. The fraction of sp³-hybridized carbons (Fsp3) is 0.217. The molecule has 0 amide bonds. The fourth-order valence-corrected chi connectivity index (χ4v) is 3.22. The highest BCUT2D eigenvalue weighted by Crippen LogP contribution is 2.28. The van der Waals surface area contributed by atoms with Gasteiger partial charge in [-0.05, 0) is 41.5 Å². The number of hydrogen-bond acceptors (Lipinski definition) is 10. The molecule has 11 heteroatoms. The minimum absolute atomic E-state index is 0.0235. The smallest absolute Gasteiger partial charge is 0.351 e. The Labute approximate surface area is 193 Å². The van der Waals surface area contributed by atoms with Crippen LogP contribution in [-0.4, -0.2) is 65.1 Å². The van der Waals surface area contributed by atoms with E-state index < -0.39 is 36.8 Å². The van der Waals surface area contributed by atoms with E-state index in [1.54, 1.807) is 42.5 Å². The molecule has 0 spiro atoms. The molecule has 180 valence electrons. The molecule has 1 aromatic heterocycles. The maximum absolute atomic E-state index is 11.5. The number of nitrogens with two attached hydrogens (primary N) is 1. The monoisotopic (exact) mass is 471 g/mol. The van der Waals surface area contributed by atoms with Gasteiger partial charge in [0.25, 0.3) is 0 Å². The Kier molecular flexibility index (Phi) is 7.87. The van der Waals surface area contributed by atoms with Crippen LogP contribution >= 0.6 is 0 Å². The normalized spacial score (nSPS) is 21.9. The zero-order valence-electron chi connectivity index (χ0n) is 17.8. The summed E-state index contributed by atoms with van der Waals surface area (Å²) in [6.45, 7) is -0.453. The van der Waals surface area contributed by atoms with Crippen LogP contribution < -0.4 is 11.4 Å². The molecule has 1 aliphatic rings. The van der Waals surface area contributed by atoms with Gasteiger partial charge < -0.3 is 41.1 Å². The van der Waals surface area contributed by atoms with E-state index in [-0.39, 0.29) is 23.1 Å². The average molecular weight is 471 g/mol. The first kappa shape index (κ1) is 24.7. The molecule has 0 unspecified atom stereocenters. The van der Waals surface area contributed by atoms with E-state index in [1.165, 1.54) is 18.3 Å². The van der Waals surface area contributed by atoms with Gasteiger partial charge in [-0.25, -0.2) is 4.79 Å². The number of phenols is 3. The summed E-state index contributed by atoms with van der Waals surface area (Å²) in [6.07, 6.45) is 0.330. The number of nitrogen functional groups attached to an aromatic ring is 1. The number of aliphatic hydroxyl groups excluding tert-OH is 3. The van der Waals surface area contributed by atoms with Crippen molar-refractivity contribution in [2.75, 3.05) is 12.3 Å². The third-order valence-corrected chi connectivity index (χ3v) is 4.93. The number of phenolic OH excluding ortho intramolecular Hbond substituents is 3. The van der Waals surface area contributed by atoms with E-state index in [0.717, 1.165) is 10.1 Å². The first-order chi connectivity index (χ1) is 16.2. The van der Waals surface area contributed by atoms with E-state index >= 15 is 0 Å². The van der Waals surface area contributed by atoms with Gasteiger partial charge >= 0.3 is 5.69 Å². The number of benzene rings is 2. The summed E-state index contributed by atoms with van der Waals surface area (Å²) in [5, 5.41) is 55.9. The lowest BCUT2D eigenvalue weighted by Gasteiger charge is -2.16. The zero-order chi connectivity index (χ0) is 24.8. The largest absolute Gasteiger partial charge is 0.508 e. The average Bonchev–Trinajstić information content (AvgIpc) is 3.07. The Bertz CT molecular complexity index is 1180. The molecule has 0 aliphatic carbocycles. The van der Waals surface area contributed by atoms with Gasteiger partial charge in [-0.1, -0.05) is 24.3 Å². The van der Waals surface area contributed by atoms with Crippen LogP contribution in [0, 0.1) is 0 Å². The third-order valence-electron chi connectivity index (χ3n) is 4.93. The van der Waals surface area contributed by atoms with Gasteiger partial charge in [0.05, 0.1) is 6.61 Å². The van der Waals surface area contributed by atoms with Crippen LogP contribution in [0.25, 0.3) is 12.2 Å². The van der Waals surface area contributed by atoms with E-state index in [2.05, 4.69) is 4.98 Å². The molecule has 4 rings (SSSR count). The van der Waals surface area contributed by atoms with Crippen LogP contribution in [0.5, 0.6) is 17.2 Å². The number of hydrogen-bond donors (Lipinski definition) is 7. The molecule has 2 aromatic carbocycles. The second-order valence-corrected chi connectivity index (χ2v) is 7.48. The molecule has 1 aliphatic heterocycles. The number of rotatable bonds is 4. The second-order valence-electron chi connectivity index (χ2n) is 7.48. The second kappa shape index (κ2) is 10.8. The lowest BCUT2D eigenvalue weighted by atomic mass is 10.1. The first-order valence-corrected chi connectivity index (χ1v) is 10.1. The molecule has 11 nitrogen and oxygen atoms in total. The fourth-order valence-electron chi connectivity index (χ4n) is 3.22. The highest BCUT2D eigenvalue weighted by Gasteiger charge is 2.43. The van der Waals surface area contributed by atoms with Gasteiger partial charge in [0.1, 0.15) is 41.4 Å². The van der Waals surface area contributed by atoms with Crippen molar-refractivity contribution in [3.63, 3.8) is 0 Å². The standard InChI is InChI=1S/C14H12O3.C9H13N3O5/c15-12-5-3-10(4-6-12)1-2-11-7-13(16)9-14(17)8-11;10-5-1-2-12(9(16)11-5)8-7(15)6(14)4(3-13)17-8/h1-9,15-17H;1-2,4,6-8,13-15H,3H2,(H2,10,11,16)/b2-1+;/t;4-,6-,7+,8-/m.1/s1. The van der Waals surface area contributed by atoms with Crippen molar-refractivity contribution in [2.45, 2.75) is 24.5 Å². The Morgan fingerprint density at radius 1 is 0.912 bits per heavy atom. The highest BCUT2D eigenvalue weighted by molar-refractivity contribution is 5.71. The Balaban J connectivity index is 0.000000191. The molecule has 2 heterocycles. The van der Waals surface area contributed by atoms with Gasteiger partial charge in [0, 0.05) is 12.3 Å². The summed E-state index contributed by atoms with van der Waals surface area (Å²) >= 11 is 0. The van der Waals surface area contributed by atoms with Gasteiger partial charge in [-0.3, -0.25) is 4.57 Å².